The second-order valence-corrected chi connectivity index (χ2v) is 5.72. The van der Waals surface area contributed by atoms with Crippen molar-refractivity contribution in [3.05, 3.63) is 45.2 Å². The van der Waals surface area contributed by atoms with Crippen molar-refractivity contribution in [2.75, 3.05) is 0 Å². The molecule has 0 aliphatic heterocycles. The number of alkyl halides is 1. The molecule has 1 aromatic carbocycles. The Morgan fingerprint density at radius 2 is 2.05 bits per heavy atom. The van der Waals surface area contributed by atoms with E-state index in [4.69, 9.17) is 16.3 Å². The van der Waals surface area contributed by atoms with Crippen LogP contribution >= 0.6 is 27.5 Å². The van der Waals surface area contributed by atoms with Crippen molar-refractivity contribution in [3.8, 4) is 5.75 Å². The Hall–Kier alpha value is -1.00. The molecule has 3 nitrogen and oxygen atoms in total. The number of ether oxygens (including phenoxy) is 1. The van der Waals surface area contributed by atoms with Crippen LogP contribution in [-0.2, 0) is 19.5 Å². The first-order valence-corrected chi connectivity index (χ1v) is 7.31. The van der Waals surface area contributed by atoms with Gasteiger partial charge in [0.15, 0.2) is 0 Å². The van der Waals surface area contributed by atoms with Gasteiger partial charge in [-0.2, -0.15) is 5.10 Å². The Bertz CT molecular complexity index is 595. The Balaban J connectivity index is 2.22. The van der Waals surface area contributed by atoms with Gasteiger partial charge in [0.2, 0.25) is 0 Å². The van der Waals surface area contributed by atoms with Crippen molar-refractivity contribution in [1.29, 1.82) is 0 Å². The molecule has 0 radical (unpaired) electrons. The zero-order valence-electron chi connectivity index (χ0n) is 11.2. The summed E-state index contributed by atoms with van der Waals surface area (Å²) in [6, 6.07) is 6.04. The summed E-state index contributed by atoms with van der Waals surface area (Å²) < 4.78 is 8.78. The predicted octanol–water partition coefficient (Wildman–Crippen LogP) is 4.12. The Labute approximate surface area is 126 Å². The molecule has 0 saturated heterocycles. The molecule has 1 heterocycles. The van der Waals surface area contributed by atoms with E-state index in [0.717, 1.165) is 32.7 Å². The van der Waals surface area contributed by atoms with E-state index in [9.17, 15) is 0 Å². The maximum Gasteiger partial charge on any atom is 0.130 e. The van der Waals surface area contributed by atoms with Crippen molar-refractivity contribution in [2.24, 2.45) is 7.05 Å². The molecule has 0 atom stereocenters. The van der Waals surface area contributed by atoms with Crippen LogP contribution in [0.2, 0.25) is 0 Å². The number of hydrogen-bond donors (Lipinski definition) is 0. The summed E-state index contributed by atoms with van der Waals surface area (Å²) >= 11 is 9.45. The molecule has 0 amide bonds. The normalized spacial score (nSPS) is 10.8. The van der Waals surface area contributed by atoms with E-state index >= 15 is 0 Å². The van der Waals surface area contributed by atoms with E-state index in [-0.39, 0.29) is 0 Å². The molecular formula is C14H16BrClN2O. The van der Waals surface area contributed by atoms with Gasteiger partial charge in [0.1, 0.15) is 12.4 Å². The van der Waals surface area contributed by atoms with Gasteiger partial charge in [-0.05, 0) is 37.6 Å². The maximum absolute atomic E-state index is 5.97. The van der Waals surface area contributed by atoms with Crippen LogP contribution in [0.4, 0.5) is 0 Å². The van der Waals surface area contributed by atoms with Crippen LogP contribution in [-0.4, -0.2) is 9.78 Å². The number of aromatic nitrogens is 2. The first kappa shape index (κ1) is 14.4. The standard InChI is InChI=1S/C14H16BrClN2O/c1-9-4-12(15)6-11(7-16)14(9)19-8-13-5-10(2)17-18(13)3/h4-6H,7-8H2,1-3H3. The molecule has 0 aliphatic rings. The lowest BCUT2D eigenvalue weighted by Gasteiger charge is -2.13. The summed E-state index contributed by atoms with van der Waals surface area (Å²) in [4.78, 5) is 0. The van der Waals surface area contributed by atoms with Crippen LogP contribution < -0.4 is 4.74 Å². The molecule has 0 N–H and O–H groups in total. The highest BCUT2D eigenvalue weighted by atomic mass is 79.9. The van der Waals surface area contributed by atoms with Crippen molar-refractivity contribution in [2.45, 2.75) is 26.3 Å². The summed E-state index contributed by atoms with van der Waals surface area (Å²) in [7, 11) is 1.92. The summed E-state index contributed by atoms with van der Waals surface area (Å²) in [5, 5.41) is 4.31. The van der Waals surface area contributed by atoms with Crippen LogP contribution in [0.3, 0.4) is 0 Å². The third kappa shape index (κ3) is 3.31. The Morgan fingerprint density at radius 3 is 2.63 bits per heavy atom. The molecule has 5 heteroatoms. The van der Waals surface area contributed by atoms with Gasteiger partial charge in [0, 0.05) is 17.1 Å². The molecule has 1 aromatic heterocycles. The monoisotopic (exact) mass is 342 g/mol. The van der Waals surface area contributed by atoms with E-state index in [2.05, 4.69) is 21.0 Å². The molecule has 0 unspecified atom stereocenters. The van der Waals surface area contributed by atoms with Gasteiger partial charge in [-0.15, -0.1) is 11.6 Å². The molecule has 102 valence electrons. The summed E-state index contributed by atoms with van der Waals surface area (Å²) in [5.74, 6) is 1.29. The lowest BCUT2D eigenvalue weighted by Crippen LogP contribution is -2.05. The molecule has 19 heavy (non-hydrogen) atoms. The van der Waals surface area contributed by atoms with E-state index in [0.29, 0.717) is 12.5 Å². The second kappa shape index (κ2) is 5.97. The number of halogens is 2. The molecule has 0 spiro atoms. The van der Waals surface area contributed by atoms with Gasteiger partial charge in [-0.3, -0.25) is 4.68 Å². The maximum atomic E-state index is 5.97. The Morgan fingerprint density at radius 1 is 1.32 bits per heavy atom. The fourth-order valence-corrected chi connectivity index (χ4v) is 2.87. The molecule has 2 aromatic rings. The van der Waals surface area contributed by atoms with Crippen LogP contribution in [0.15, 0.2) is 22.7 Å². The van der Waals surface area contributed by atoms with Gasteiger partial charge in [0.05, 0.1) is 17.3 Å². The minimum Gasteiger partial charge on any atom is -0.487 e. The van der Waals surface area contributed by atoms with Crippen LogP contribution in [0.25, 0.3) is 0 Å². The first-order valence-electron chi connectivity index (χ1n) is 5.98. The number of nitrogens with zero attached hydrogens (tertiary/aromatic N) is 2. The highest BCUT2D eigenvalue weighted by Gasteiger charge is 2.10. The smallest absolute Gasteiger partial charge is 0.130 e. The lowest BCUT2D eigenvalue weighted by molar-refractivity contribution is 0.290. The van der Waals surface area contributed by atoms with Crippen LogP contribution in [0.5, 0.6) is 5.75 Å². The lowest BCUT2D eigenvalue weighted by atomic mass is 10.1. The predicted molar refractivity (Wildman–Crippen MR) is 80.7 cm³/mol. The van der Waals surface area contributed by atoms with Crippen LogP contribution in [0.1, 0.15) is 22.5 Å². The van der Waals surface area contributed by atoms with Crippen LogP contribution in [0, 0.1) is 13.8 Å². The number of hydrogen-bond acceptors (Lipinski definition) is 2. The largest absolute Gasteiger partial charge is 0.487 e. The van der Waals surface area contributed by atoms with Crippen molar-refractivity contribution in [1.82, 2.24) is 9.78 Å². The van der Waals surface area contributed by atoms with E-state index < -0.39 is 0 Å². The highest BCUT2D eigenvalue weighted by Crippen LogP contribution is 2.30. The van der Waals surface area contributed by atoms with E-state index in [1.165, 1.54) is 0 Å². The average Bonchev–Trinajstić information content (AvgIpc) is 2.65. The van der Waals surface area contributed by atoms with Crippen molar-refractivity contribution >= 4 is 27.5 Å². The summed E-state index contributed by atoms with van der Waals surface area (Å²) in [5.41, 5.74) is 4.10. The van der Waals surface area contributed by atoms with Crippen molar-refractivity contribution in [3.63, 3.8) is 0 Å². The van der Waals surface area contributed by atoms with Gasteiger partial charge in [0.25, 0.3) is 0 Å². The topological polar surface area (TPSA) is 27.1 Å². The third-order valence-electron chi connectivity index (χ3n) is 2.92. The summed E-state index contributed by atoms with van der Waals surface area (Å²) in [6.07, 6.45) is 0. The molecule has 2 rings (SSSR count). The molecule has 0 saturated carbocycles. The number of aryl methyl sites for hydroxylation is 3. The zero-order valence-corrected chi connectivity index (χ0v) is 13.5. The van der Waals surface area contributed by atoms with E-state index in [1.54, 1.807) is 0 Å². The van der Waals surface area contributed by atoms with Gasteiger partial charge >= 0.3 is 0 Å². The molecule has 0 fully saturated rings. The zero-order chi connectivity index (χ0) is 14.0. The average molecular weight is 344 g/mol. The molecule has 0 bridgehead atoms. The SMILES string of the molecule is Cc1cc(COc2c(C)cc(Br)cc2CCl)n(C)n1. The second-order valence-electron chi connectivity index (χ2n) is 4.53. The first-order chi connectivity index (χ1) is 9.01. The summed E-state index contributed by atoms with van der Waals surface area (Å²) in [6.45, 7) is 4.48. The molecule has 0 aliphatic carbocycles. The van der Waals surface area contributed by atoms with Gasteiger partial charge < -0.3 is 4.74 Å². The fraction of sp³-hybridized carbons (Fsp3) is 0.357. The van der Waals surface area contributed by atoms with Gasteiger partial charge in [-0.25, -0.2) is 0 Å². The highest BCUT2D eigenvalue weighted by molar-refractivity contribution is 9.10. The minimum absolute atomic E-state index is 0.431. The van der Waals surface area contributed by atoms with Crippen molar-refractivity contribution < 1.29 is 4.74 Å². The number of rotatable bonds is 4. The Kier molecular flexibility index (Phi) is 4.53. The van der Waals surface area contributed by atoms with E-state index in [1.807, 2.05) is 43.8 Å². The fourth-order valence-electron chi connectivity index (χ4n) is 2.05. The quantitative estimate of drug-likeness (QED) is 0.781. The minimum atomic E-state index is 0.431. The number of benzene rings is 1. The van der Waals surface area contributed by atoms with Gasteiger partial charge in [-0.1, -0.05) is 15.9 Å². The molecular weight excluding hydrogens is 328 g/mol. The third-order valence-corrected chi connectivity index (χ3v) is 3.67.